The van der Waals surface area contributed by atoms with Crippen LogP contribution < -0.4 is 4.74 Å². The Hall–Kier alpha value is -3.30. The van der Waals surface area contributed by atoms with Crippen molar-refractivity contribution in [2.45, 2.75) is 39.5 Å². The lowest BCUT2D eigenvalue weighted by molar-refractivity contribution is -0.137. The second-order valence-electron chi connectivity index (χ2n) is 8.03. The molecule has 2 aromatic carbocycles. The molecule has 176 valence electrons. The van der Waals surface area contributed by atoms with Gasteiger partial charge in [-0.2, -0.15) is 4.98 Å². The number of hydrogen-bond donors (Lipinski definition) is 1. The maximum absolute atomic E-state index is 14.3. The molecular weight excluding hydrogens is 429 g/mol. The van der Waals surface area contributed by atoms with Crippen LogP contribution in [0.2, 0.25) is 0 Å². The van der Waals surface area contributed by atoms with E-state index in [1.54, 1.807) is 31.2 Å². The summed E-state index contributed by atoms with van der Waals surface area (Å²) in [6.45, 7) is 4.85. The lowest BCUT2D eigenvalue weighted by atomic mass is 10.1. The molecule has 0 spiro atoms. The Morgan fingerprint density at radius 3 is 2.61 bits per heavy atom. The first-order chi connectivity index (χ1) is 15.8. The molecule has 33 heavy (non-hydrogen) atoms. The van der Waals surface area contributed by atoms with Crippen molar-refractivity contribution < 1.29 is 28.3 Å². The molecule has 0 fully saturated rings. The van der Waals surface area contributed by atoms with Gasteiger partial charge in [0, 0.05) is 42.5 Å². The van der Waals surface area contributed by atoms with E-state index in [4.69, 9.17) is 19.1 Å². The van der Waals surface area contributed by atoms with Gasteiger partial charge in [-0.3, -0.25) is 4.79 Å². The van der Waals surface area contributed by atoms with E-state index < -0.39 is 5.97 Å². The number of hydrogen-bond acceptors (Lipinski definition) is 7. The van der Waals surface area contributed by atoms with Crippen LogP contribution >= 0.6 is 0 Å². The van der Waals surface area contributed by atoms with E-state index in [0.29, 0.717) is 41.6 Å². The minimum absolute atomic E-state index is 0.0158. The Morgan fingerprint density at radius 1 is 1.18 bits per heavy atom. The quantitative estimate of drug-likeness (QED) is 0.453. The molecule has 0 aliphatic rings. The number of carboxylic acids is 1. The highest BCUT2D eigenvalue weighted by molar-refractivity contribution is 5.67. The van der Waals surface area contributed by atoms with Crippen LogP contribution in [0, 0.1) is 5.82 Å². The van der Waals surface area contributed by atoms with Crippen molar-refractivity contribution in [2.24, 2.45) is 0 Å². The van der Waals surface area contributed by atoms with Crippen LogP contribution in [0.4, 0.5) is 4.39 Å². The van der Waals surface area contributed by atoms with E-state index in [9.17, 15) is 9.18 Å². The summed E-state index contributed by atoms with van der Waals surface area (Å²) in [6, 6.07) is 10.1. The average Bonchev–Trinajstić information content (AvgIpc) is 3.25. The van der Waals surface area contributed by atoms with Crippen LogP contribution in [-0.2, 0) is 22.7 Å². The lowest BCUT2D eigenvalue weighted by Gasteiger charge is -2.16. The summed E-state index contributed by atoms with van der Waals surface area (Å²) in [4.78, 5) is 17.0. The summed E-state index contributed by atoms with van der Waals surface area (Å²) in [5.41, 5.74) is 2.60. The van der Waals surface area contributed by atoms with Crippen molar-refractivity contribution >= 4 is 5.97 Å². The molecule has 9 heteroatoms. The van der Waals surface area contributed by atoms with Gasteiger partial charge in [0.25, 0.3) is 5.89 Å². The van der Waals surface area contributed by atoms with E-state index >= 15 is 0 Å². The van der Waals surface area contributed by atoms with Crippen molar-refractivity contribution in [3.05, 3.63) is 53.3 Å². The minimum atomic E-state index is -0.896. The third-order valence-electron chi connectivity index (χ3n) is 4.85. The highest BCUT2D eigenvalue weighted by Crippen LogP contribution is 2.29. The molecule has 0 bridgehead atoms. The van der Waals surface area contributed by atoms with Gasteiger partial charge in [0.05, 0.1) is 19.1 Å². The second-order valence-corrected chi connectivity index (χ2v) is 8.03. The van der Waals surface area contributed by atoms with Gasteiger partial charge in [-0.25, -0.2) is 4.39 Å². The maximum Gasteiger partial charge on any atom is 0.304 e. The summed E-state index contributed by atoms with van der Waals surface area (Å²) in [5, 5.41) is 12.9. The van der Waals surface area contributed by atoms with Crippen molar-refractivity contribution in [3.8, 4) is 28.6 Å². The Labute approximate surface area is 191 Å². The zero-order chi connectivity index (χ0) is 24.0. The zero-order valence-electron chi connectivity index (χ0n) is 19.2. The van der Waals surface area contributed by atoms with Crippen LogP contribution in [0.3, 0.4) is 0 Å². The molecule has 1 heterocycles. The Balaban J connectivity index is 1.82. The Bertz CT molecular complexity index is 1100. The Morgan fingerprint density at radius 2 is 1.91 bits per heavy atom. The molecular formula is C24H28FN3O5. The number of carboxylic acid groups (broad SMARTS) is 1. The van der Waals surface area contributed by atoms with E-state index in [-0.39, 0.29) is 24.9 Å². The van der Waals surface area contributed by atoms with Gasteiger partial charge >= 0.3 is 5.97 Å². The first-order valence-corrected chi connectivity index (χ1v) is 10.6. The van der Waals surface area contributed by atoms with Crippen molar-refractivity contribution in [1.29, 1.82) is 0 Å². The topological polar surface area (TPSA) is 97.9 Å². The van der Waals surface area contributed by atoms with Crippen LogP contribution in [0.15, 0.2) is 40.9 Å². The average molecular weight is 458 g/mol. The van der Waals surface area contributed by atoms with Gasteiger partial charge < -0.3 is 24.0 Å². The van der Waals surface area contributed by atoms with Gasteiger partial charge in [-0.15, -0.1) is 0 Å². The lowest BCUT2D eigenvalue weighted by Crippen LogP contribution is -2.21. The highest BCUT2D eigenvalue weighted by Gasteiger charge is 2.16. The smallest absolute Gasteiger partial charge is 0.304 e. The standard InChI is InChI=1S/C24H28FN3O5/c1-15(2)32-21-8-6-17(12-19(21)14-31-4)24-26-23(27-33-24)16-5-7-20(25)18(11-16)13-28(3)10-9-22(29)30/h5-8,11-12,15H,9-10,13-14H2,1-4H3,(H,29,30). The summed E-state index contributed by atoms with van der Waals surface area (Å²) >= 11 is 0. The number of nitrogens with zero attached hydrogens (tertiary/aromatic N) is 3. The number of aliphatic carboxylic acids is 1. The molecule has 0 unspecified atom stereocenters. The SMILES string of the molecule is COCc1cc(-c2nc(-c3ccc(F)c(CN(C)CCC(=O)O)c3)no2)ccc1OC(C)C. The summed E-state index contributed by atoms with van der Waals surface area (Å²) in [7, 11) is 3.35. The molecule has 3 rings (SSSR count). The van der Waals surface area contributed by atoms with E-state index in [1.807, 2.05) is 32.0 Å². The fraction of sp³-hybridized carbons (Fsp3) is 0.375. The largest absolute Gasteiger partial charge is 0.491 e. The van der Waals surface area contributed by atoms with E-state index in [0.717, 1.165) is 11.3 Å². The molecule has 0 radical (unpaired) electrons. The molecule has 0 atom stereocenters. The maximum atomic E-state index is 14.3. The van der Waals surface area contributed by atoms with Crippen molar-refractivity contribution in [2.75, 3.05) is 20.7 Å². The highest BCUT2D eigenvalue weighted by atomic mass is 19.1. The van der Waals surface area contributed by atoms with Crippen molar-refractivity contribution in [3.63, 3.8) is 0 Å². The fourth-order valence-corrected chi connectivity index (χ4v) is 3.30. The molecule has 0 saturated carbocycles. The predicted molar refractivity (Wildman–Crippen MR) is 120 cm³/mol. The van der Waals surface area contributed by atoms with Gasteiger partial charge in [-0.05, 0) is 57.3 Å². The second kappa shape index (κ2) is 11.0. The number of aromatic nitrogens is 2. The van der Waals surface area contributed by atoms with Crippen LogP contribution in [0.25, 0.3) is 22.8 Å². The molecule has 3 aromatic rings. The Kier molecular flexibility index (Phi) is 8.13. The minimum Gasteiger partial charge on any atom is -0.491 e. The molecule has 8 nitrogen and oxygen atoms in total. The predicted octanol–water partition coefficient (Wildman–Crippen LogP) is 4.38. The fourth-order valence-electron chi connectivity index (χ4n) is 3.30. The number of carbonyl (C=O) groups is 1. The monoisotopic (exact) mass is 457 g/mol. The number of rotatable bonds is 11. The molecule has 1 aromatic heterocycles. The molecule has 0 saturated heterocycles. The molecule has 0 aliphatic carbocycles. The van der Waals surface area contributed by atoms with Crippen LogP contribution in [-0.4, -0.2) is 52.9 Å². The van der Waals surface area contributed by atoms with Gasteiger partial charge in [0.1, 0.15) is 11.6 Å². The van der Waals surface area contributed by atoms with Crippen molar-refractivity contribution in [1.82, 2.24) is 15.0 Å². The van der Waals surface area contributed by atoms with E-state index in [2.05, 4.69) is 10.1 Å². The van der Waals surface area contributed by atoms with Gasteiger partial charge in [0.15, 0.2) is 0 Å². The number of ether oxygens (including phenoxy) is 2. The number of halogens is 1. The zero-order valence-corrected chi connectivity index (χ0v) is 19.2. The molecule has 0 aliphatic heterocycles. The van der Waals surface area contributed by atoms with E-state index in [1.165, 1.54) is 6.07 Å². The number of benzene rings is 2. The molecule has 1 N–H and O–H groups in total. The summed E-state index contributed by atoms with van der Waals surface area (Å²) in [6.07, 6.45) is 0.00948. The molecule has 0 amide bonds. The first-order valence-electron chi connectivity index (χ1n) is 10.6. The van der Waals surface area contributed by atoms with Gasteiger partial charge in [-0.1, -0.05) is 5.16 Å². The first kappa shape index (κ1) is 24.3. The number of methoxy groups -OCH3 is 1. The third kappa shape index (κ3) is 6.59. The summed E-state index contributed by atoms with van der Waals surface area (Å²) in [5.74, 6) is 0.103. The normalized spacial score (nSPS) is 11.4. The third-order valence-corrected chi connectivity index (χ3v) is 4.85. The van der Waals surface area contributed by atoms with Gasteiger partial charge in [0.2, 0.25) is 5.82 Å². The van der Waals surface area contributed by atoms with Crippen LogP contribution in [0.1, 0.15) is 31.4 Å². The summed E-state index contributed by atoms with van der Waals surface area (Å²) < 4.78 is 30.9. The van der Waals surface area contributed by atoms with Crippen LogP contribution in [0.5, 0.6) is 5.75 Å².